The number of carbonyl (C=O) groups excluding carboxylic acids is 2. The molecular formula is C17H21N3O4. The molecule has 7 nitrogen and oxygen atoms in total. The fourth-order valence-electron chi connectivity index (χ4n) is 2.05. The van der Waals surface area contributed by atoms with Gasteiger partial charge >= 0.3 is 5.97 Å². The summed E-state index contributed by atoms with van der Waals surface area (Å²) in [6.07, 6.45) is 1.33. The zero-order chi connectivity index (χ0) is 17.7. The van der Waals surface area contributed by atoms with Crippen LogP contribution < -0.4 is 10.1 Å². The molecule has 0 unspecified atom stereocenters. The molecule has 1 aromatic heterocycles. The van der Waals surface area contributed by atoms with Crippen LogP contribution in [0.25, 0.3) is 0 Å². The Bertz CT molecular complexity index is 737. The zero-order valence-corrected chi connectivity index (χ0v) is 14.2. The Kier molecular flexibility index (Phi) is 5.57. The lowest BCUT2D eigenvalue weighted by molar-refractivity contribution is 0.0371. The molecule has 0 radical (unpaired) electrons. The van der Waals surface area contributed by atoms with Crippen LogP contribution >= 0.6 is 0 Å². The van der Waals surface area contributed by atoms with E-state index < -0.39 is 5.97 Å². The van der Waals surface area contributed by atoms with Gasteiger partial charge in [0.1, 0.15) is 5.75 Å². The van der Waals surface area contributed by atoms with E-state index in [1.165, 1.54) is 7.11 Å². The molecule has 2 rings (SSSR count). The Morgan fingerprint density at radius 3 is 2.71 bits per heavy atom. The van der Waals surface area contributed by atoms with Crippen LogP contribution in [0.5, 0.6) is 5.75 Å². The predicted molar refractivity (Wildman–Crippen MR) is 89.4 cm³/mol. The molecule has 1 amide bonds. The molecule has 0 aliphatic rings. The number of esters is 1. The maximum atomic E-state index is 12.4. The van der Waals surface area contributed by atoms with E-state index in [4.69, 9.17) is 9.47 Å². The van der Waals surface area contributed by atoms with Gasteiger partial charge in [0.15, 0.2) is 5.69 Å². The minimum absolute atomic E-state index is 0.0850. The highest BCUT2D eigenvalue weighted by Crippen LogP contribution is 2.19. The molecule has 0 saturated carbocycles. The molecule has 0 atom stereocenters. The van der Waals surface area contributed by atoms with E-state index in [9.17, 15) is 9.59 Å². The first-order chi connectivity index (χ1) is 11.4. The lowest BCUT2D eigenvalue weighted by Crippen LogP contribution is -2.17. The van der Waals surface area contributed by atoms with E-state index in [0.717, 1.165) is 0 Å². The summed E-state index contributed by atoms with van der Waals surface area (Å²) in [6, 6.07) is 6.74. The number of anilines is 1. The van der Waals surface area contributed by atoms with Crippen molar-refractivity contribution in [2.75, 3.05) is 12.4 Å². The molecule has 1 aromatic carbocycles. The van der Waals surface area contributed by atoms with Crippen molar-refractivity contribution in [2.24, 2.45) is 0 Å². The first-order valence-electron chi connectivity index (χ1n) is 7.68. The number of hydrogen-bond acceptors (Lipinski definition) is 5. The molecule has 0 fully saturated rings. The van der Waals surface area contributed by atoms with Gasteiger partial charge in [-0.05, 0) is 39.0 Å². The second-order valence-electron chi connectivity index (χ2n) is 5.39. The summed E-state index contributed by atoms with van der Waals surface area (Å²) in [7, 11) is 1.53. The average Bonchev–Trinajstić information content (AvgIpc) is 2.97. The van der Waals surface area contributed by atoms with Crippen molar-refractivity contribution in [1.29, 1.82) is 0 Å². The number of ether oxygens (including phenoxy) is 2. The lowest BCUT2D eigenvalue weighted by atomic mass is 10.2. The van der Waals surface area contributed by atoms with Crippen LogP contribution in [0.1, 0.15) is 41.6 Å². The molecule has 1 heterocycles. The molecular weight excluding hydrogens is 310 g/mol. The number of benzene rings is 1. The van der Waals surface area contributed by atoms with Gasteiger partial charge in [0.2, 0.25) is 0 Å². The largest absolute Gasteiger partial charge is 0.497 e. The Balaban J connectivity index is 2.26. The fraction of sp³-hybridized carbons (Fsp3) is 0.353. The predicted octanol–water partition coefficient (Wildman–Crippen LogP) is 2.73. The molecule has 24 heavy (non-hydrogen) atoms. The second-order valence-corrected chi connectivity index (χ2v) is 5.39. The summed E-state index contributed by atoms with van der Waals surface area (Å²) in [6.45, 7) is 5.96. The van der Waals surface area contributed by atoms with Gasteiger partial charge in [0.25, 0.3) is 5.91 Å². The third kappa shape index (κ3) is 4.13. The van der Waals surface area contributed by atoms with E-state index in [1.54, 1.807) is 49.0 Å². The van der Waals surface area contributed by atoms with Crippen molar-refractivity contribution in [3.63, 3.8) is 0 Å². The van der Waals surface area contributed by atoms with Crippen molar-refractivity contribution in [2.45, 2.75) is 33.4 Å². The maximum Gasteiger partial charge on any atom is 0.361 e. The van der Waals surface area contributed by atoms with E-state index in [-0.39, 0.29) is 17.7 Å². The molecule has 0 aliphatic carbocycles. The summed E-state index contributed by atoms with van der Waals surface area (Å²) >= 11 is 0. The number of methoxy groups -OCH3 is 1. The van der Waals surface area contributed by atoms with E-state index in [0.29, 0.717) is 23.5 Å². The summed E-state index contributed by atoms with van der Waals surface area (Å²) in [5.41, 5.74) is 0.818. The van der Waals surface area contributed by atoms with Crippen LogP contribution in [0, 0.1) is 0 Å². The quantitative estimate of drug-likeness (QED) is 0.823. The van der Waals surface area contributed by atoms with Crippen LogP contribution in [-0.2, 0) is 11.3 Å². The van der Waals surface area contributed by atoms with Crippen molar-refractivity contribution in [1.82, 2.24) is 9.78 Å². The summed E-state index contributed by atoms with van der Waals surface area (Å²) in [4.78, 5) is 24.6. The molecule has 128 valence electrons. The van der Waals surface area contributed by atoms with E-state index >= 15 is 0 Å². The lowest BCUT2D eigenvalue weighted by Gasteiger charge is -2.08. The van der Waals surface area contributed by atoms with E-state index in [1.807, 2.05) is 6.92 Å². The Hall–Kier alpha value is -2.83. The standard InChI is InChI=1S/C17H21N3O4/c1-5-20-10-14(15(19-20)17(22)24-11(2)3)18-16(21)12-7-6-8-13(9-12)23-4/h6-11H,5H2,1-4H3,(H,18,21). The number of nitrogens with one attached hydrogen (secondary N) is 1. The average molecular weight is 331 g/mol. The van der Waals surface area contributed by atoms with Crippen molar-refractivity contribution in [3.05, 3.63) is 41.7 Å². The van der Waals surface area contributed by atoms with Crippen LogP contribution in [0.15, 0.2) is 30.5 Å². The van der Waals surface area contributed by atoms with Gasteiger partial charge in [-0.2, -0.15) is 5.10 Å². The van der Waals surface area contributed by atoms with Gasteiger partial charge in [-0.25, -0.2) is 4.79 Å². The summed E-state index contributed by atoms with van der Waals surface area (Å²) < 4.78 is 11.9. The maximum absolute atomic E-state index is 12.4. The van der Waals surface area contributed by atoms with Gasteiger partial charge in [0, 0.05) is 18.3 Å². The second kappa shape index (κ2) is 7.63. The normalized spacial score (nSPS) is 10.5. The van der Waals surface area contributed by atoms with Crippen molar-refractivity contribution in [3.8, 4) is 5.75 Å². The fourth-order valence-corrected chi connectivity index (χ4v) is 2.05. The highest BCUT2D eigenvalue weighted by atomic mass is 16.5. The molecule has 7 heteroatoms. The number of carbonyl (C=O) groups is 2. The summed E-state index contributed by atoms with van der Waals surface area (Å²) in [5, 5.41) is 6.87. The zero-order valence-electron chi connectivity index (χ0n) is 14.2. The highest BCUT2D eigenvalue weighted by molar-refractivity contribution is 6.07. The topological polar surface area (TPSA) is 82.5 Å². The van der Waals surface area contributed by atoms with Gasteiger partial charge in [0.05, 0.1) is 18.9 Å². The van der Waals surface area contributed by atoms with Gasteiger partial charge in [-0.1, -0.05) is 6.07 Å². The van der Waals surface area contributed by atoms with Crippen molar-refractivity contribution < 1.29 is 19.1 Å². The van der Waals surface area contributed by atoms with Crippen LogP contribution in [0.4, 0.5) is 5.69 Å². The number of nitrogens with zero attached hydrogens (tertiary/aromatic N) is 2. The Morgan fingerprint density at radius 2 is 2.08 bits per heavy atom. The Morgan fingerprint density at radius 1 is 1.33 bits per heavy atom. The first-order valence-corrected chi connectivity index (χ1v) is 7.68. The molecule has 2 aromatic rings. The number of aromatic nitrogens is 2. The smallest absolute Gasteiger partial charge is 0.361 e. The third-order valence-corrected chi connectivity index (χ3v) is 3.20. The van der Waals surface area contributed by atoms with E-state index in [2.05, 4.69) is 10.4 Å². The monoisotopic (exact) mass is 331 g/mol. The SMILES string of the molecule is CCn1cc(NC(=O)c2cccc(OC)c2)c(C(=O)OC(C)C)n1. The highest BCUT2D eigenvalue weighted by Gasteiger charge is 2.21. The minimum atomic E-state index is -0.571. The van der Waals surface area contributed by atoms with Gasteiger partial charge in [-0.15, -0.1) is 0 Å². The molecule has 0 spiro atoms. The summed E-state index contributed by atoms with van der Waals surface area (Å²) in [5.74, 6) is -0.354. The number of aryl methyl sites for hydroxylation is 1. The van der Waals surface area contributed by atoms with Crippen LogP contribution in [0.2, 0.25) is 0 Å². The van der Waals surface area contributed by atoms with Crippen molar-refractivity contribution >= 4 is 17.6 Å². The van der Waals surface area contributed by atoms with Crippen LogP contribution in [0.3, 0.4) is 0 Å². The van der Waals surface area contributed by atoms with Gasteiger partial charge < -0.3 is 14.8 Å². The minimum Gasteiger partial charge on any atom is -0.497 e. The number of rotatable bonds is 6. The Labute approximate surface area is 140 Å². The molecule has 0 aliphatic heterocycles. The number of hydrogen-bond donors (Lipinski definition) is 1. The van der Waals surface area contributed by atoms with Gasteiger partial charge in [-0.3, -0.25) is 9.48 Å². The molecule has 0 bridgehead atoms. The first kappa shape index (κ1) is 17.5. The number of amides is 1. The third-order valence-electron chi connectivity index (χ3n) is 3.20. The van der Waals surface area contributed by atoms with Crippen LogP contribution in [-0.4, -0.2) is 34.9 Å². The molecule has 1 N–H and O–H groups in total. The molecule has 0 saturated heterocycles.